The molecule has 0 aromatic rings. The monoisotopic (exact) mass is 544 g/mol. The normalized spacial score (nSPS) is 11.2. The van der Waals surface area contributed by atoms with E-state index in [2.05, 4.69) is 20.1 Å². The molecule has 9 nitrogen and oxygen atoms in total. The van der Waals surface area contributed by atoms with Gasteiger partial charge in [0.25, 0.3) is 10.1 Å². The Hall–Kier alpha value is -0.564. The zero-order valence-electron chi connectivity index (χ0n) is 22.7. The summed E-state index contributed by atoms with van der Waals surface area (Å²) in [7, 11) is -3.98. The van der Waals surface area contributed by atoms with Gasteiger partial charge in [0.2, 0.25) is 0 Å². The molecule has 0 bridgehead atoms. The Morgan fingerprint density at radius 1 is 0.829 bits per heavy atom. The van der Waals surface area contributed by atoms with Crippen molar-refractivity contribution in [2.75, 3.05) is 25.6 Å². The van der Waals surface area contributed by atoms with Crippen LogP contribution in [0.5, 0.6) is 0 Å². The Labute approximate surface area is 254 Å². The quantitative estimate of drug-likeness (QED) is 0.0638. The van der Waals surface area contributed by atoms with E-state index in [0.29, 0.717) is 38.5 Å². The molecule has 0 aromatic carbocycles. The largest absolute Gasteiger partial charge is 1.00 e. The molecule has 35 heavy (non-hydrogen) atoms. The third-order valence-corrected chi connectivity index (χ3v) is 5.93. The Bertz CT molecular complexity index is 782. The number of hydrogen-bond donors (Lipinski definition) is 1. The maximum absolute atomic E-state index is 13.2. The van der Waals surface area contributed by atoms with Crippen LogP contribution in [-0.2, 0) is 38.7 Å². The van der Waals surface area contributed by atoms with Crippen molar-refractivity contribution in [1.29, 1.82) is 0 Å². The van der Waals surface area contributed by atoms with E-state index in [4.69, 9.17) is 18.8 Å². The summed E-state index contributed by atoms with van der Waals surface area (Å²) in [5, 5.41) is 0. The predicted molar refractivity (Wildman–Crippen MR) is 130 cm³/mol. The minimum Gasteiger partial charge on any atom is -1.00 e. The Morgan fingerprint density at radius 3 is 1.77 bits per heavy atom. The summed E-state index contributed by atoms with van der Waals surface area (Å²) in [6.45, 7) is 11.6. The van der Waals surface area contributed by atoms with Crippen molar-refractivity contribution in [3.05, 3.63) is 24.3 Å². The van der Waals surface area contributed by atoms with Gasteiger partial charge in [-0.2, -0.15) is 8.42 Å². The molecule has 0 atom stereocenters. The number of ether oxygens (including phenoxy) is 3. The Kier molecular flexibility index (Phi) is 20.4. The van der Waals surface area contributed by atoms with Gasteiger partial charge in [-0.25, -0.2) is 9.59 Å². The van der Waals surface area contributed by atoms with Gasteiger partial charge < -0.3 is 15.6 Å². The maximum atomic E-state index is 13.2. The molecule has 0 radical (unpaired) electrons. The predicted octanol–water partition coefficient (Wildman–Crippen LogP) is 1.29. The number of carbonyl (C=O) groups excluding carboxylic acids is 3. The van der Waals surface area contributed by atoms with Crippen LogP contribution in [0.1, 0.15) is 80.0 Å². The van der Waals surface area contributed by atoms with Crippen LogP contribution in [-0.4, -0.2) is 56.5 Å². The van der Waals surface area contributed by atoms with E-state index < -0.39 is 33.4 Å². The van der Waals surface area contributed by atoms with Crippen LogP contribution in [0.25, 0.3) is 0 Å². The first-order valence-electron chi connectivity index (χ1n) is 11.6. The molecule has 198 valence electrons. The standard InChI is InChI=1S/C24H40O9S.K.H/c1-6-7-8-11-14-24(17-32-21(25)19(2)3,18-33-22(26)20(4)5)23(27)31-15-12-9-10-13-16-34(28,29)30;;/h2,4,6-18H2,1,3,5H3,(H,28,29,30);;/q;+1;-1. The molecule has 0 amide bonds. The molecule has 0 unspecified atom stereocenters. The third kappa shape index (κ3) is 17.5. The number of esters is 3. The van der Waals surface area contributed by atoms with Crippen molar-refractivity contribution in [3.63, 3.8) is 0 Å². The van der Waals surface area contributed by atoms with E-state index in [0.717, 1.165) is 19.3 Å². The van der Waals surface area contributed by atoms with Crippen molar-refractivity contribution in [2.24, 2.45) is 5.41 Å². The van der Waals surface area contributed by atoms with E-state index in [1.807, 2.05) is 0 Å². The van der Waals surface area contributed by atoms with E-state index in [-0.39, 0.29) is 89.5 Å². The second kappa shape index (κ2) is 19.5. The molecule has 1 N–H and O–H groups in total. The van der Waals surface area contributed by atoms with E-state index >= 15 is 0 Å². The van der Waals surface area contributed by atoms with E-state index in [1.54, 1.807) is 0 Å². The maximum Gasteiger partial charge on any atom is 1.00 e. The van der Waals surface area contributed by atoms with Crippen molar-refractivity contribution in [3.8, 4) is 0 Å². The van der Waals surface area contributed by atoms with Crippen LogP contribution < -0.4 is 51.4 Å². The average molecular weight is 545 g/mol. The van der Waals surface area contributed by atoms with Crippen molar-refractivity contribution < 1.29 is 94.4 Å². The topological polar surface area (TPSA) is 133 Å². The van der Waals surface area contributed by atoms with Crippen LogP contribution >= 0.6 is 0 Å². The van der Waals surface area contributed by atoms with Crippen molar-refractivity contribution in [1.82, 2.24) is 0 Å². The van der Waals surface area contributed by atoms with Gasteiger partial charge in [0.05, 0.1) is 12.4 Å². The number of hydrogen-bond acceptors (Lipinski definition) is 8. The minimum atomic E-state index is -3.98. The summed E-state index contributed by atoms with van der Waals surface area (Å²) >= 11 is 0. The molecule has 0 saturated carbocycles. The van der Waals surface area contributed by atoms with Crippen LogP contribution in [0.3, 0.4) is 0 Å². The first kappa shape index (κ1) is 36.6. The molecule has 0 aliphatic carbocycles. The molecular formula is C24H41KO9S. The Morgan fingerprint density at radius 2 is 1.31 bits per heavy atom. The van der Waals surface area contributed by atoms with Gasteiger partial charge in [0, 0.05) is 11.1 Å². The first-order chi connectivity index (χ1) is 15.8. The fraction of sp³-hybridized carbons (Fsp3) is 0.708. The summed E-state index contributed by atoms with van der Waals surface area (Å²) < 4.78 is 46.3. The number of carbonyl (C=O) groups is 3. The summed E-state index contributed by atoms with van der Waals surface area (Å²) in [6.07, 6.45) is 5.69. The van der Waals surface area contributed by atoms with Crippen molar-refractivity contribution >= 4 is 28.0 Å². The molecule has 0 aromatic heterocycles. The summed E-state index contributed by atoms with van der Waals surface area (Å²) in [5.74, 6) is -2.26. The molecule has 0 spiro atoms. The molecule has 11 heteroatoms. The molecular weight excluding hydrogens is 503 g/mol. The SMILES string of the molecule is C=C(C)C(=O)OCC(CCCCCC)(COC(=O)C(=C)C)C(=O)OCCCCCCS(=O)(=O)O.[H-].[K+]. The van der Waals surface area contributed by atoms with Gasteiger partial charge in [0.1, 0.15) is 18.6 Å². The first-order valence-corrected chi connectivity index (χ1v) is 13.2. The smallest absolute Gasteiger partial charge is 1.00 e. The van der Waals surface area contributed by atoms with Crippen molar-refractivity contribution in [2.45, 2.75) is 78.6 Å². The third-order valence-electron chi connectivity index (χ3n) is 5.13. The summed E-state index contributed by atoms with van der Waals surface area (Å²) in [6, 6.07) is 0. The van der Waals surface area contributed by atoms with Gasteiger partial charge in [-0.15, -0.1) is 0 Å². The van der Waals surface area contributed by atoms with Crippen LogP contribution in [0.15, 0.2) is 24.3 Å². The fourth-order valence-corrected chi connectivity index (χ4v) is 3.58. The van der Waals surface area contributed by atoms with Gasteiger partial charge in [-0.3, -0.25) is 9.35 Å². The molecule has 0 fully saturated rings. The van der Waals surface area contributed by atoms with Gasteiger partial charge in [0.15, 0.2) is 0 Å². The fourth-order valence-electron chi connectivity index (χ4n) is 3.01. The number of unbranched alkanes of at least 4 members (excludes halogenated alkanes) is 6. The summed E-state index contributed by atoms with van der Waals surface area (Å²) in [4.78, 5) is 37.2. The second-order valence-electron chi connectivity index (χ2n) is 8.64. The zero-order valence-corrected chi connectivity index (χ0v) is 25.7. The van der Waals surface area contributed by atoms with Crippen LogP contribution in [0.4, 0.5) is 0 Å². The number of rotatable bonds is 19. The van der Waals surface area contributed by atoms with Gasteiger partial charge in [-0.1, -0.05) is 58.6 Å². The van der Waals surface area contributed by atoms with Crippen LogP contribution in [0.2, 0.25) is 0 Å². The molecule has 0 heterocycles. The molecule has 0 aliphatic rings. The van der Waals surface area contributed by atoms with E-state index in [9.17, 15) is 22.8 Å². The van der Waals surface area contributed by atoms with Gasteiger partial charge in [-0.05, 0) is 33.1 Å². The van der Waals surface area contributed by atoms with E-state index in [1.165, 1.54) is 13.8 Å². The average Bonchev–Trinajstić information content (AvgIpc) is 2.75. The molecule has 0 saturated heterocycles. The second-order valence-corrected chi connectivity index (χ2v) is 10.2. The molecule has 0 rings (SSSR count). The minimum absolute atomic E-state index is 0. The van der Waals surface area contributed by atoms with Crippen LogP contribution in [0, 0.1) is 5.41 Å². The molecule has 0 aliphatic heterocycles. The van der Waals surface area contributed by atoms with Gasteiger partial charge >= 0.3 is 69.3 Å². The summed E-state index contributed by atoms with van der Waals surface area (Å²) in [5.41, 5.74) is -1.01. The Balaban J connectivity index is -0.00000544. The zero-order chi connectivity index (χ0) is 26.2.